The number of hydrogen-bond donors (Lipinski definition) is 2. The zero-order valence-corrected chi connectivity index (χ0v) is 14.8. The van der Waals surface area contributed by atoms with Crippen molar-refractivity contribution < 1.29 is 14.0 Å². The predicted octanol–water partition coefficient (Wildman–Crippen LogP) is 3.43. The molecule has 0 bridgehead atoms. The first kappa shape index (κ1) is 18.2. The lowest BCUT2D eigenvalue weighted by molar-refractivity contribution is -0.122. The number of nitrogens with zero attached hydrogens (tertiary/aromatic N) is 1. The number of benzene rings is 2. The van der Waals surface area contributed by atoms with Crippen molar-refractivity contribution >= 4 is 34.8 Å². The molecule has 136 valence electrons. The molecule has 2 aromatic rings. The highest BCUT2D eigenvalue weighted by Crippen LogP contribution is 2.25. The van der Waals surface area contributed by atoms with Gasteiger partial charge in [-0.15, -0.1) is 0 Å². The van der Waals surface area contributed by atoms with Crippen LogP contribution in [-0.2, 0) is 4.79 Å². The second-order valence-electron chi connectivity index (χ2n) is 6.29. The van der Waals surface area contributed by atoms with Gasteiger partial charge in [-0.2, -0.15) is 0 Å². The van der Waals surface area contributed by atoms with E-state index in [0.717, 1.165) is 37.7 Å². The van der Waals surface area contributed by atoms with E-state index in [9.17, 15) is 14.0 Å². The van der Waals surface area contributed by atoms with Crippen molar-refractivity contribution in [1.29, 1.82) is 0 Å². The zero-order valence-electron chi connectivity index (χ0n) is 14.0. The van der Waals surface area contributed by atoms with Crippen LogP contribution >= 0.6 is 11.6 Å². The molecule has 7 heteroatoms. The molecule has 0 unspecified atom stereocenters. The molecule has 0 saturated carbocycles. The lowest BCUT2D eigenvalue weighted by atomic mass is 9.96. The van der Waals surface area contributed by atoms with Crippen molar-refractivity contribution in [3.05, 3.63) is 58.9 Å². The van der Waals surface area contributed by atoms with Crippen molar-refractivity contribution in [2.24, 2.45) is 11.7 Å². The van der Waals surface area contributed by atoms with Crippen molar-refractivity contribution in [3.8, 4) is 0 Å². The van der Waals surface area contributed by atoms with Crippen LogP contribution in [0.2, 0.25) is 5.02 Å². The summed E-state index contributed by atoms with van der Waals surface area (Å²) in [5, 5.41) is 2.96. The molecule has 0 spiro atoms. The SMILES string of the molecule is NC(=O)C1CCN(c2ccc(NC(=O)c3cc(Cl)ccc3F)cc2)CC1. The van der Waals surface area contributed by atoms with Gasteiger partial charge in [0.15, 0.2) is 0 Å². The Bertz CT molecular complexity index is 818. The van der Waals surface area contributed by atoms with Gasteiger partial charge in [-0.3, -0.25) is 9.59 Å². The summed E-state index contributed by atoms with van der Waals surface area (Å²) in [4.78, 5) is 25.6. The molecule has 1 heterocycles. The Labute approximate surface area is 155 Å². The molecule has 2 aromatic carbocycles. The fourth-order valence-electron chi connectivity index (χ4n) is 3.05. The number of nitrogens with one attached hydrogen (secondary N) is 1. The van der Waals surface area contributed by atoms with Crippen LogP contribution in [0.1, 0.15) is 23.2 Å². The molecular formula is C19H19ClFN3O2. The summed E-state index contributed by atoms with van der Waals surface area (Å²) >= 11 is 5.82. The molecule has 26 heavy (non-hydrogen) atoms. The van der Waals surface area contributed by atoms with E-state index >= 15 is 0 Å². The second kappa shape index (κ2) is 7.74. The number of piperidine rings is 1. The van der Waals surface area contributed by atoms with Gasteiger partial charge in [0, 0.05) is 35.4 Å². The molecular weight excluding hydrogens is 357 g/mol. The van der Waals surface area contributed by atoms with E-state index in [-0.39, 0.29) is 17.4 Å². The van der Waals surface area contributed by atoms with Gasteiger partial charge in [0.1, 0.15) is 5.82 Å². The van der Waals surface area contributed by atoms with Gasteiger partial charge in [-0.1, -0.05) is 11.6 Å². The third-order valence-electron chi connectivity index (χ3n) is 4.56. The fraction of sp³-hybridized carbons (Fsp3) is 0.263. The number of carbonyl (C=O) groups is 2. The van der Waals surface area contributed by atoms with Crippen LogP contribution in [0.15, 0.2) is 42.5 Å². The number of carbonyl (C=O) groups excluding carboxylic acids is 2. The maximum atomic E-state index is 13.8. The van der Waals surface area contributed by atoms with Crippen LogP contribution in [0.5, 0.6) is 0 Å². The average Bonchev–Trinajstić information content (AvgIpc) is 2.64. The molecule has 1 fully saturated rings. The number of amides is 2. The van der Waals surface area contributed by atoms with Gasteiger partial charge in [-0.25, -0.2) is 4.39 Å². The highest BCUT2D eigenvalue weighted by atomic mass is 35.5. The van der Waals surface area contributed by atoms with Gasteiger partial charge in [0.05, 0.1) is 5.56 Å². The van der Waals surface area contributed by atoms with Crippen LogP contribution in [0, 0.1) is 11.7 Å². The van der Waals surface area contributed by atoms with Gasteiger partial charge in [0.25, 0.3) is 5.91 Å². The standard InChI is InChI=1S/C19H19ClFN3O2/c20-13-1-6-17(21)16(11-13)19(26)23-14-2-4-15(5-3-14)24-9-7-12(8-10-24)18(22)25/h1-6,11-12H,7-10H2,(H2,22,25)(H,23,26). The Morgan fingerprint density at radius 2 is 1.77 bits per heavy atom. The quantitative estimate of drug-likeness (QED) is 0.859. The minimum Gasteiger partial charge on any atom is -0.371 e. The number of nitrogens with two attached hydrogens (primary N) is 1. The first-order chi connectivity index (χ1) is 12.4. The van der Waals surface area contributed by atoms with Crippen molar-refractivity contribution in [3.63, 3.8) is 0 Å². The summed E-state index contributed by atoms with van der Waals surface area (Å²) in [7, 11) is 0. The van der Waals surface area contributed by atoms with E-state index in [0.29, 0.717) is 10.7 Å². The van der Waals surface area contributed by atoms with Gasteiger partial charge < -0.3 is 16.0 Å². The summed E-state index contributed by atoms with van der Waals surface area (Å²) in [6, 6.07) is 11.1. The summed E-state index contributed by atoms with van der Waals surface area (Å²) < 4.78 is 13.8. The molecule has 0 aromatic heterocycles. The van der Waals surface area contributed by atoms with Crippen molar-refractivity contribution in [1.82, 2.24) is 0 Å². The third-order valence-corrected chi connectivity index (χ3v) is 4.80. The molecule has 3 rings (SSSR count). The van der Waals surface area contributed by atoms with Crippen LogP contribution in [0.4, 0.5) is 15.8 Å². The summed E-state index contributed by atoms with van der Waals surface area (Å²) in [6.45, 7) is 1.51. The number of hydrogen-bond acceptors (Lipinski definition) is 3. The summed E-state index contributed by atoms with van der Waals surface area (Å²) in [5.41, 5.74) is 6.81. The Morgan fingerprint density at radius 1 is 1.12 bits per heavy atom. The fourth-order valence-corrected chi connectivity index (χ4v) is 3.22. The third kappa shape index (κ3) is 4.14. The maximum Gasteiger partial charge on any atom is 0.258 e. The van der Waals surface area contributed by atoms with Crippen LogP contribution in [0.3, 0.4) is 0 Å². The smallest absolute Gasteiger partial charge is 0.258 e. The Morgan fingerprint density at radius 3 is 2.38 bits per heavy atom. The first-order valence-electron chi connectivity index (χ1n) is 8.35. The Balaban J connectivity index is 1.64. The molecule has 2 amide bonds. The average molecular weight is 376 g/mol. The minimum atomic E-state index is -0.624. The number of halogens is 2. The van der Waals surface area contributed by atoms with Crippen molar-refractivity contribution in [2.45, 2.75) is 12.8 Å². The Kier molecular flexibility index (Phi) is 5.42. The molecule has 5 nitrogen and oxygen atoms in total. The lowest BCUT2D eigenvalue weighted by Crippen LogP contribution is -2.38. The zero-order chi connectivity index (χ0) is 18.7. The van der Waals surface area contributed by atoms with Crippen LogP contribution in [-0.4, -0.2) is 24.9 Å². The number of primary amides is 1. The predicted molar refractivity (Wildman–Crippen MR) is 99.9 cm³/mol. The van der Waals surface area contributed by atoms with Crippen molar-refractivity contribution in [2.75, 3.05) is 23.3 Å². The topological polar surface area (TPSA) is 75.4 Å². The first-order valence-corrected chi connectivity index (χ1v) is 8.72. The van der Waals surface area contributed by atoms with Crippen LogP contribution in [0.25, 0.3) is 0 Å². The summed E-state index contributed by atoms with van der Waals surface area (Å²) in [6.07, 6.45) is 1.48. The Hall–Kier alpha value is -2.60. The normalized spacial score (nSPS) is 14.9. The highest BCUT2D eigenvalue weighted by molar-refractivity contribution is 6.31. The molecule has 3 N–H and O–H groups in total. The van der Waals surface area contributed by atoms with E-state index in [2.05, 4.69) is 10.2 Å². The van der Waals surface area contributed by atoms with E-state index in [1.807, 2.05) is 12.1 Å². The molecule has 0 atom stereocenters. The molecule has 1 aliphatic heterocycles. The summed E-state index contributed by atoms with van der Waals surface area (Å²) in [5.74, 6) is -1.48. The van der Waals surface area contributed by atoms with Crippen LogP contribution < -0.4 is 16.0 Å². The molecule has 1 saturated heterocycles. The monoisotopic (exact) mass is 375 g/mol. The molecule has 0 aliphatic carbocycles. The largest absolute Gasteiger partial charge is 0.371 e. The molecule has 0 radical (unpaired) electrons. The maximum absolute atomic E-state index is 13.8. The second-order valence-corrected chi connectivity index (χ2v) is 6.73. The van der Waals surface area contributed by atoms with Gasteiger partial charge in [0.2, 0.25) is 5.91 Å². The lowest BCUT2D eigenvalue weighted by Gasteiger charge is -2.32. The van der Waals surface area contributed by atoms with E-state index < -0.39 is 11.7 Å². The van der Waals surface area contributed by atoms with E-state index in [1.165, 1.54) is 12.1 Å². The number of anilines is 2. The molecule has 1 aliphatic rings. The highest BCUT2D eigenvalue weighted by Gasteiger charge is 2.23. The minimum absolute atomic E-state index is 0.0580. The van der Waals surface area contributed by atoms with E-state index in [4.69, 9.17) is 17.3 Å². The number of rotatable bonds is 4. The van der Waals surface area contributed by atoms with E-state index in [1.54, 1.807) is 12.1 Å². The van der Waals surface area contributed by atoms with Gasteiger partial charge >= 0.3 is 0 Å². The van der Waals surface area contributed by atoms with Gasteiger partial charge in [-0.05, 0) is 55.3 Å².